The first kappa shape index (κ1) is 9.02. The second-order valence-corrected chi connectivity index (χ2v) is 3.13. The Balaban J connectivity index is 2.50. The molecule has 0 atom stereocenters. The SMILES string of the molecule is Cn1nc(C(=O)Cl)cc1-c1ccco1. The molecule has 5 heteroatoms. The summed E-state index contributed by atoms with van der Waals surface area (Å²) in [5, 5.41) is 3.37. The molecule has 2 rings (SSSR count). The van der Waals surface area contributed by atoms with Crippen molar-refractivity contribution in [2.75, 3.05) is 0 Å². The van der Waals surface area contributed by atoms with Gasteiger partial charge in [-0.1, -0.05) is 0 Å². The molecule has 0 bridgehead atoms. The molecule has 0 unspecified atom stereocenters. The van der Waals surface area contributed by atoms with Gasteiger partial charge in [0.15, 0.2) is 5.76 Å². The van der Waals surface area contributed by atoms with Crippen LogP contribution in [0.15, 0.2) is 28.9 Å². The molecule has 0 saturated heterocycles. The molecule has 2 heterocycles. The van der Waals surface area contributed by atoms with Crippen molar-refractivity contribution in [2.24, 2.45) is 7.05 Å². The standard InChI is InChI=1S/C9H7ClN2O2/c1-12-7(8-3-2-4-14-8)5-6(11-12)9(10)13/h2-5H,1H3. The van der Waals surface area contributed by atoms with Crippen molar-refractivity contribution in [3.05, 3.63) is 30.2 Å². The number of hydrogen-bond donors (Lipinski definition) is 0. The number of carbonyl (C=O) groups is 1. The van der Waals surface area contributed by atoms with Gasteiger partial charge in [0.05, 0.1) is 6.26 Å². The van der Waals surface area contributed by atoms with E-state index in [2.05, 4.69) is 5.10 Å². The van der Waals surface area contributed by atoms with Crippen molar-refractivity contribution in [2.45, 2.75) is 0 Å². The number of hydrogen-bond acceptors (Lipinski definition) is 3. The Bertz CT molecular complexity index is 459. The molecule has 0 spiro atoms. The van der Waals surface area contributed by atoms with Crippen molar-refractivity contribution in [1.29, 1.82) is 0 Å². The number of nitrogens with zero attached hydrogens (tertiary/aromatic N) is 2. The Morgan fingerprint density at radius 1 is 1.64 bits per heavy atom. The second kappa shape index (κ2) is 3.31. The molecule has 2 aromatic rings. The van der Waals surface area contributed by atoms with E-state index in [1.807, 2.05) is 0 Å². The van der Waals surface area contributed by atoms with Crippen LogP contribution in [0.2, 0.25) is 0 Å². The average molecular weight is 211 g/mol. The molecule has 0 fully saturated rings. The Kier molecular flexibility index (Phi) is 2.13. The summed E-state index contributed by atoms with van der Waals surface area (Å²) < 4.78 is 6.73. The van der Waals surface area contributed by atoms with Crippen LogP contribution in [-0.4, -0.2) is 15.0 Å². The maximum absolute atomic E-state index is 10.8. The van der Waals surface area contributed by atoms with Gasteiger partial charge in [0, 0.05) is 7.05 Å². The molecule has 0 aliphatic heterocycles. The zero-order valence-electron chi connectivity index (χ0n) is 7.40. The summed E-state index contributed by atoms with van der Waals surface area (Å²) in [4.78, 5) is 10.8. The number of aromatic nitrogens is 2. The Labute approximate surface area is 85.1 Å². The van der Waals surface area contributed by atoms with Crippen LogP contribution in [0.5, 0.6) is 0 Å². The van der Waals surface area contributed by atoms with Crippen LogP contribution in [-0.2, 0) is 7.05 Å². The lowest BCUT2D eigenvalue weighted by molar-refractivity contribution is 0.107. The second-order valence-electron chi connectivity index (χ2n) is 2.79. The molecular weight excluding hydrogens is 204 g/mol. The number of halogens is 1. The van der Waals surface area contributed by atoms with Crippen molar-refractivity contribution in [1.82, 2.24) is 9.78 Å². The lowest BCUT2D eigenvalue weighted by Crippen LogP contribution is -1.95. The molecule has 2 aromatic heterocycles. The number of carbonyl (C=O) groups excluding carboxylic acids is 1. The average Bonchev–Trinajstić information content (AvgIpc) is 2.71. The van der Waals surface area contributed by atoms with Gasteiger partial charge in [-0.2, -0.15) is 5.10 Å². The summed E-state index contributed by atoms with van der Waals surface area (Å²) in [6, 6.07) is 5.15. The first-order valence-corrected chi connectivity index (χ1v) is 4.34. The topological polar surface area (TPSA) is 48.0 Å². The molecule has 0 N–H and O–H groups in total. The Morgan fingerprint density at radius 2 is 2.43 bits per heavy atom. The predicted octanol–water partition coefficient (Wildman–Crippen LogP) is 2.06. The van der Waals surface area contributed by atoms with Gasteiger partial charge in [-0.05, 0) is 29.8 Å². The number of aryl methyl sites for hydroxylation is 1. The summed E-state index contributed by atoms with van der Waals surface area (Å²) in [5.74, 6) is 0.657. The monoisotopic (exact) mass is 210 g/mol. The largest absolute Gasteiger partial charge is 0.463 e. The van der Waals surface area contributed by atoms with E-state index < -0.39 is 5.24 Å². The number of rotatable bonds is 2. The van der Waals surface area contributed by atoms with Gasteiger partial charge < -0.3 is 4.42 Å². The highest BCUT2D eigenvalue weighted by Gasteiger charge is 2.12. The van der Waals surface area contributed by atoms with Crippen molar-refractivity contribution in [3.8, 4) is 11.5 Å². The van der Waals surface area contributed by atoms with Crippen molar-refractivity contribution >= 4 is 16.8 Å². The van der Waals surface area contributed by atoms with Crippen LogP contribution in [0.3, 0.4) is 0 Å². The van der Waals surface area contributed by atoms with E-state index in [-0.39, 0.29) is 5.69 Å². The minimum atomic E-state index is -0.571. The fraction of sp³-hybridized carbons (Fsp3) is 0.111. The first-order chi connectivity index (χ1) is 6.68. The first-order valence-electron chi connectivity index (χ1n) is 3.96. The fourth-order valence-corrected chi connectivity index (χ4v) is 1.31. The van der Waals surface area contributed by atoms with Gasteiger partial charge in [-0.3, -0.25) is 9.48 Å². The van der Waals surface area contributed by atoms with E-state index in [0.29, 0.717) is 5.76 Å². The molecule has 14 heavy (non-hydrogen) atoms. The molecular formula is C9H7ClN2O2. The van der Waals surface area contributed by atoms with E-state index in [4.69, 9.17) is 16.0 Å². The smallest absolute Gasteiger partial charge is 0.272 e. The Morgan fingerprint density at radius 3 is 2.93 bits per heavy atom. The molecule has 0 amide bonds. The minimum Gasteiger partial charge on any atom is -0.463 e. The highest BCUT2D eigenvalue weighted by molar-refractivity contribution is 6.67. The van der Waals surface area contributed by atoms with Crippen LogP contribution in [0, 0.1) is 0 Å². The van der Waals surface area contributed by atoms with Crippen LogP contribution < -0.4 is 0 Å². The molecule has 0 radical (unpaired) electrons. The molecule has 72 valence electrons. The molecule has 0 aromatic carbocycles. The third-order valence-corrected chi connectivity index (χ3v) is 2.05. The van der Waals surface area contributed by atoms with Gasteiger partial charge in [-0.15, -0.1) is 0 Å². The van der Waals surface area contributed by atoms with Gasteiger partial charge in [-0.25, -0.2) is 0 Å². The van der Waals surface area contributed by atoms with Gasteiger partial charge in [0.25, 0.3) is 5.24 Å². The van der Waals surface area contributed by atoms with Crippen LogP contribution in [0.4, 0.5) is 0 Å². The highest BCUT2D eigenvalue weighted by Crippen LogP contribution is 2.20. The van der Waals surface area contributed by atoms with E-state index in [1.54, 1.807) is 36.2 Å². The lowest BCUT2D eigenvalue weighted by atomic mass is 10.3. The maximum atomic E-state index is 10.8. The van der Waals surface area contributed by atoms with Crippen LogP contribution in [0.1, 0.15) is 10.5 Å². The number of furan rings is 1. The molecule has 0 aliphatic rings. The summed E-state index contributed by atoms with van der Waals surface area (Å²) in [7, 11) is 1.72. The highest BCUT2D eigenvalue weighted by atomic mass is 35.5. The predicted molar refractivity (Wildman–Crippen MR) is 51.1 cm³/mol. The van der Waals surface area contributed by atoms with Crippen molar-refractivity contribution in [3.63, 3.8) is 0 Å². The lowest BCUT2D eigenvalue weighted by Gasteiger charge is -1.94. The van der Waals surface area contributed by atoms with Gasteiger partial charge in [0.2, 0.25) is 0 Å². The third kappa shape index (κ3) is 1.44. The van der Waals surface area contributed by atoms with E-state index in [9.17, 15) is 4.79 Å². The van der Waals surface area contributed by atoms with E-state index in [1.165, 1.54) is 0 Å². The van der Waals surface area contributed by atoms with Crippen molar-refractivity contribution < 1.29 is 9.21 Å². The summed E-state index contributed by atoms with van der Waals surface area (Å²) in [6.07, 6.45) is 1.56. The minimum absolute atomic E-state index is 0.223. The van der Waals surface area contributed by atoms with E-state index in [0.717, 1.165) is 5.69 Å². The zero-order chi connectivity index (χ0) is 10.1. The van der Waals surface area contributed by atoms with Gasteiger partial charge in [0.1, 0.15) is 11.4 Å². The summed E-state index contributed by atoms with van der Waals surface area (Å²) >= 11 is 5.30. The molecule has 0 aliphatic carbocycles. The maximum Gasteiger partial charge on any atom is 0.272 e. The normalized spacial score (nSPS) is 10.4. The molecule has 0 saturated carbocycles. The van der Waals surface area contributed by atoms with E-state index >= 15 is 0 Å². The van der Waals surface area contributed by atoms with Crippen LogP contribution in [0.25, 0.3) is 11.5 Å². The zero-order valence-corrected chi connectivity index (χ0v) is 8.15. The molecule has 4 nitrogen and oxygen atoms in total. The van der Waals surface area contributed by atoms with Gasteiger partial charge >= 0.3 is 0 Å². The Hall–Kier alpha value is -1.55. The fourth-order valence-electron chi connectivity index (χ4n) is 1.22. The summed E-state index contributed by atoms with van der Waals surface area (Å²) in [6.45, 7) is 0. The van der Waals surface area contributed by atoms with Crippen LogP contribution >= 0.6 is 11.6 Å². The quantitative estimate of drug-likeness (QED) is 0.713. The summed E-state index contributed by atoms with van der Waals surface area (Å²) in [5.41, 5.74) is 0.944. The third-order valence-electron chi connectivity index (χ3n) is 1.85.